The minimum Gasteiger partial charge on any atom is -0.492 e. The van der Waals surface area contributed by atoms with E-state index in [9.17, 15) is 9.18 Å². The standard InChI is InChI=1S/C25H28FN3O3/c1-31-15-13-28(14-16-32-23-9-7-21(26)8-10-23)25(30)20-11-12-29-22(17-20)18-27-24(29)19-5-3-2-4-6-19/h2-10,18,20H,11-17H2,1H3. The van der Waals surface area contributed by atoms with Crippen molar-refractivity contribution in [2.75, 3.05) is 33.4 Å². The van der Waals surface area contributed by atoms with Crippen LogP contribution >= 0.6 is 0 Å². The number of ether oxygens (including phenoxy) is 2. The number of rotatable bonds is 9. The Morgan fingerprint density at radius 3 is 2.62 bits per heavy atom. The number of hydrogen-bond acceptors (Lipinski definition) is 4. The van der Waals surface area contributed by atoms with Crippen LogP contribution in [-0.4, -0.2) is 53.8 Å². The maximum atomic E-state index is 13.3. The Morgan fingerprint density at radius 2 is 1.88 bits per heavy atom. The molecule has 6 nitrogen and oxygen atoms in total. The van der Waals surface area contributed by atoms with E-state index in [4.69, 9.17) is 9.47 Å². The molecule has 0 aliphatic carbocycles. The summed E-state index contributed by atoms with van der Waals surface area (Å²) in [5.41, 5.74) is 2.17. The Hall–Kier alpha value is -3.19. The predicted molar refractivity (Wildman–Crippen MR) is 120 cm³/mol. The van der Waals surface area contributed by atoms with Crippen LogP contribution in [0.2, 0.25) is 0 Å². The molecule has 0 radical (unpaired) electrons. The largest absolute Gasteiger partial charge is 0.492 e. The van der Waals surface area contributed by atoms with E-state index in [2.05, 4.69) is 21.7 Å². The Morgan fingerprint density at radius 1 is 1.12 bits per heavy atom. The number of hydrogen-bond donors (Lipinski definition) is 0. The highest BCUT2D eigenvalue weighted by Crippen LogP contribution is 2.28. The molecule has 0 N–H and O–H groups in total. The van der Waals surface area contributed by atoms with Crippen LogP contribution < -0.4 is 4.74 Å². The van der Waals surface area contributed by atoms with E-state index in [1.807, 2.05) is 29.3 Å². The van der Waals surface area contributed by atoms with Crippen LogP contribution in [0.3, 0.4) is 0 Å². The second-order valence-corrected chi connectivity index (χ2v) is 7.90. The van der Waals surface area contributed by atoms with Crippen LogP contribution in [0.4, 0.5) is 4.39 Å². The van der Waals surface area contributed by atoms with E-state index in [1.165, 1.54) is 12.1 Å². The van der Waals surface area contributed by atoms with Gasteiger partial charge in [0.1, 0.15) is 24.0 Å². The highest BCUT2D eigenvalue weighted by molar-refractivity contribution is 5.79. The summed E-state index contributed by atoms with van der Waals surface area (Å²) in [5, 5.41) is 0. The molecule has 2 heterocycles. The number of amides is 1. The molecular weight excluding hydrogens is 409 g/mol. The summed E-state index contributed by atoms with van der Waals surface area (Å²) in [6.45, 7) is 2.52. The summed E-state index contributed by atoms with van der Waals surface area (Å²) >= 11 is 0. The first kappa shape index (κ1) is 22.0. The Balaban J connectivity index is 1.39. The summed E-state index contributed by atoms with van der Waals surface area (Å²) in [5.74, 6) is 1.25. The number of imidazole rings is 1. The van der Waals surface area contributed by atoms with Crippen molar-refractivity contribution in [1.29, 1.82) is 0 Å². The van der Waals surface area contributed by atoms with Crippen LogP contribution in [0.5, 0.6) is 5.75 Å². The third-order valence-corrected chi connectivity index (χ3v) is 5.80. The molecule has 0 saturated carbocycles. The molecule has 1 unspecified atom stereocenters. The first-order chi connectivity index (χ1) is 15.7. The molecule has 1 aliphatic heterocycles. The lowest BCUT2D eigenvalue weighted by Gasteiger charge is -2.30. The number of benzene rings is 2. The first-order valence-corrected chi connectivity index (χ1v) is 10.9. The molecule has 0 fully saturated rings. The highest BCUT2D eigenvalue weighted by Gasteiger charge is 2.30. The number of aromatic nitrogens is 2. The van der Waals surface area contributed by atoms with Crippen molar-refractivity contribution in [1.82, 2.24) is 14.5 Å². The monoisotopic (exact) mass is 437 g/mol. The van der Waals surface area contributed by atoms with Crippen molar-refractivity contribution in [3.8, 4) is 17.1 Å². The maximum Gasteiger partial charge on any atom is 0.226 e. The quantitative estimate of drug-likeness (QED) is 0.511. The van der Waals surface area contributed by atoms with Crippen LogP contribution in [0, 0.1) is 11.7 Å². The van der Waals surface area contributed by atoms with Crippen molar-refractivity contribution >= 4 is 5.91 Å². The third-order valence-electron chi connectivity index (χ3n) is 5.80. The van der Waals surface area contributed by atoms with E-state index >= 15 is 0 Å². The zero-order valence-electron chi connectivity index (χ0n) is 18.2. The van der Waals surface area contributed by atoms with Gasteiger partial charge < -0.3 is 18.9 Å². The number of methoxy groups -OCH3 is 1. The molecule has 2 aromatic carbocycles. The predicted octanol–water partition coefficient (Wildman–Crippen LogP) is 3.81. The van der Waals surface area contributed by atoms with Gasteiger partial charge in [-0.25, -0.2) is 9.37 Å². The molecule has 0 saturated heterocycles. The van der Waals surface area contributed by atoms with Gasteiger partial charge in [0.05, 0.1) is 13.2 Å². The lowest BCUT2D eigenvalue weighted by Crippen LogP contribution is -2.42. The Labute approximate surface area is 187 Å². The zero-order chi connectivity index (χ0) is 22.3. The molecule has 0 spiro atoms. The molecule has 0 bridgehead atoms. The fourth-order valence-corrected chi connectivity index (χ4v) is 4.09. The Kier molecular flexibility index (Phi) is 7.17. The fourth-order valence-electron chi connectivity index (χ4n) is 4.09. The molecule has 7 heteroatoms. The second-order valence-electron chi connectivity index (χ2n) is 7.90. The minimum absolute atomic E-state index is 0.0921. The van der Waals surface area contributed by atoms with Crippen LogP contribution in [0.25, 0.3) is 11.4 Å². The topological polar surface area (TPSA) is 56.6 Å². The molecule has 1 aromatic heterocycles. The summed E-state index contributed by atoms with van der Waals surface area (Å²) in [7, 11) is 1.63. The second kappa shape index (κ2) is 10.4. The van der Waals surface area contributed by atoms with Gasteiger partial charge in [0.25, 0.3) is 0 Å². The molecule has 1 atom stereocenters. The van der Waals surface area contributed by atoms with Crippen LogP contribution in [0.15, 0.2) is 60.8 Å². The van der Waals surface area contributed by atoms with E-state index in [0.717, 1.165) is 30.0 Å². The number of carbonyl (C=O) groups is 1. The SMILES string of the molecule is COCCN(CCOc1ccc(F)cc1)C(=O)C1CCn2c(cnc2-c2ccccc2)C1. The molecule has 1 aliphatic rings. The minimum atomic E-state index is -0.304. The molecule has 3 aromatic rings. The summed E-state index contributed by atoms with van der Waals surface area (Å²) in [6, 6.07) is 16.0. The van der Waals surface area contributed by atoms with E-state index in [0.29, 0.717) is 38.5 Å². The molecule has 1 amide bonds. The number of nitrogens with zero attached hydrogens (tertiary/aromatic N) is 3. The van der Waals surface area contributed by atoms with E-state index < -0.39 is 0 Å². The van der Waals surface area contributed by atoms with E-state index in [-0.39, 0.29) is 17.6 Å². The van der Waals surface area contributed by atoms with Crippen molar-refractivity contribution in [3.63, 3.8) is 0 Å². The normalized spacial score (nSPS) is 15.2. The summed E-state index contributed by atoms with van der Waals surface area (Å²) < 4.78 is 26.2. The smallest absolute Gasteiger partial charge is 0.226 e. The van der Waals surface area contributed by atoms with Crippen molar-refractivity contribution in [2.45, 2.75) is 19.4 Å². The number of carbonyl (C=O) groups excluding carboxylic acids is 1. The van der Waals surface area contributed by atoms with Gasteiger partial charge in [-0.2, -0.15) is 0 Å². The average Bonchev–Trinajstić information content (AvgIpc) is 3.26. The third kappa shape index (κ3) is 5.16. The molecule has 4 rings (SSSR count). The van der Waals surface area contributed by atoms with Gasteiger partial charge in [0.2, 0.25) is 5.91 Å². The first-order valence-electron chi connectivity index (χ1n) is 10.9. The Bertz CT molecular complexity index is 1020. The number of fused-ring (bicyclic) bond motifs is 1. The zero-order valence-corrected chi connectivity index (χ0v) is 18.2. The van der Waals surface area contributed by atoms with E-state index in [1.54, 1.807) is 19.2 Å². The number of halogens is 1. The van der Waals surface area contributed by atoms with Crippen molar-refractivity contribution < 1.29 is 18.7 Å². The van der Waals surface area contributed by atoms with Crippen LogP contribution in [-0.2, 0) is 22.5 Å². The lowest BCUT2D eigenvalue weighted by molar-refractivity contribution is -0.137. The lowest BCUT2D eigenvalue weighted by atomic mass is 9.94. The molecule has 32 heavy (non-hydrogen) atoms. The van der Waals surface area contributed by atoms with Gasteiger partial charge in [0.15, 0.2) is 0 Å². The van der Waals surface area contributed by atoms with Gasteiger partial charge in [0, 0.05) is 50.0 Å². The summed E-state index contributed by atoms with van der Waals surface area (Å²) in [6.07, 6.45) is 3.32. The fraction of sp³-hybridized carbons (Fsp3) is 0.360. The van der Waals surface area contributed by atoms with Crippen molar-refractivity contribution in [3.05, 3.63) is 72.3 Å². The highest BCUT2D eigenvalue weighted by atomic mass is 19.1. The van der Waals surface area contributed by atoms with Gasteiger partial charge >= 0.3 is 0 Å². The maximum absolute atomic E-state index is 13.3. The van der Waals surface area contributed by atoms with Crippen LogP contribution in [0.1, 0.15) is 12.1 Å². The van der Waals surface area contributed by atoms with Gasteiger partial charge in [-0.05, 0) is 30.7 Å². The molecular formula is C25H28FN3O3. The van der Waals surface area contributed by atoms with Crippen molar-refractivity contribution in [2.24, 2.45) is 5.92 Å². The van der Waals surface area contributed by atoms with Gasteiger partial charge in [-0.1, -0.05) is 30.3 Å². The van der Waals surface area contributed by atoms with Gasteiger partial charge in [-0.15, -0.1) is 0 Å². The molecule has 168 valence electrons. The van der Waals surface area contributed by atoms with Gasteiger partial charge in [-0.3, -0.25) is 4.79 Å². The average molecular weight is 438 g/mol. The summed E-state index contributed by atoms with van der Waals surface area (Å²) in [4.78, 5) is 19.7.